The third kappa shape index (κ3) is 4.59. The van der Waals surface area contributed by atoms with E-state index in [1.807, 2.05) is 18.5 Å². The lowest BCUT2D eigenvalue weighted by molar-refractivity contribution is 0.174. The molecule has 35 heavy (non-hydrogen) atoms. The van der Waals surface area contributed by atoms with E-state index in [1.165, 1.54) is 49.4 Å². The quantitative estimate of drug-likeness (QED) is 0.298. The van der Waals surface area contributed by atoms with E-state index < -0.39 is 0 Å². The number of aromatic nitrogens is 4. The van der Waals surface area contributed by atoms with Gasteiger partial charge in [-0.25, -0.2) is 15.0 Å². The molecular formula is C26H26BrN5O2S. The SMILES string of the molecule is Nc1ncn(CC(c2ccccc2)C2CCCCC2)c2nc(Sc3cc4c(cc3Br)OCO4)nc1-2. The summed E-state index contributed by atoms with van der Waals surface area (Å²) in [5.41, 5.74) is 8.25. The van der Waals surface area contributed by atoms with E-state index in [0.29, 0.717) is 28.5 Å². The Kier molecular flexibility index (Phi) is 6.28. The van der Waals surface area contributed by atoms with Crippen LogP contribution in [-0.2, 0) is 6.54 Å². The topological polar surface area (TPSA) is 88.1 Å². The molecule has 0 bridgehead atoms. The second kappa shape index (κ2) is 9.70. The van der Waals surface area contributed by atoms with Crippen molar-refractivity contribution < 1.29 is 9.47 Å². The maximum absolute atomic E-state index is 6.24. The number of anilines is 1. The lowest BCUT2D eigenvalue weighted by atomic mass is 9.76. The molecule has 0 radical (unpaired) electrons. The molecule has 1 saturated carbocycles. The van der Waals surface area contributed by atoms with Crippen molar-refractivity contribution in [1.29, 1.82) is 0 Å². The van der Waals surface area contributed by atoms with Gasteiger partial charge in [-0.1, -0.05) is 49.6 Å². The number of ether oxygens (including phenoxy) is 2. The van der Waals surface area contributed by atoms with Crippen molar-refractivity contribution in [3.8, 4) is 23.0 Å². The lowest BCUT2D eigenvalue weighted by Crippen LogP contribution is -2.22. The number of nitrogens with two attached hydrogens (primary N) is 1. The highest BCUT2D eigenvalue weighted by atomic mass is 79.9. The van der Waals surface area contributed by atoms with E-state index >= 15 is 0 Å². The van der Waals surface area contributed by atoms with Crippen LogP contribution in [0.4, 0.5) is 5.82 Å². The third-order valence-corrected chi connectivity index (χ3v) is 8.78. The predicted octanol–water partition coefficient (Wildman–Crippen LogP) is 6.37. The zero-order valence-electron chi connectivity index (χ0n) is 19.2. The fourth-order valence-electron chi connectivity index (χ4n) is 5.16. The average Bonchev–Trinajstić information content (AvgIpc) is 3.52. The second-order valence-corrected chi connectivity index (χ2v) is 11.0. The Hall–Kier alpha value is -2.78. The number of hydrogen-bond donors (Lipinski definition) is 1. The van der Waals surface area contributed by atoms with Gasteiger partial charge in [-0.15, -0.1) is 0 Å². The van der Waals surface area contributed by atoms with Gasteiger partial charge in [-0.3, -0.25) is 0 Å². The van der Waals surface area contributed by atoms with Crippen LogP contribution in [0.25, 0.3) is 11.5 Å². The minimum Gasteiger partial charge on any atom is -0.454 e. The summed E-state index contributed by atoms with van der Waals surface area (Å²) in [7, 11) is 0. The van der Waals surface area contributed by atoms with Gasteiger partial charge in [0.15, 0.2) is 34.0 Å². The molecule has 0 amide bonds. The van der Waals surface area contributed by atoms with Gasteiger partial charge in [0.05, 0.1) is 6.33 Å². The van der Waals surface area contributed by atoms with Gasteiger partial charge in [0.1, 0.15) is 0 Å². The zero-order valence-corrected chi connectivity index (χ0v) is 21.6. The van der Waals surface area contributed by atoms with E-state index in [0.717, 1.165) is 33.2 Å². The number of nitrogens with zero attached hydrogens (tertiary/aromatic N) is 4. The van der Waals surface area contributed by atoms with Gasteiger partial charge in [-0.2, -0.15) is 0 Å². The van der Waals surface area contributed by atoms with Crippen LogP contribution in [0.1, 0.15) is 43.6 Å². The van der Waals surface area contributed by atoms with Gasteiger partial charge in [-0.05, 0) is 64.1 Å². The van der Waals surface area contributed by atoms with Gasteiger partial charge in [0.25, 0.3) is 0 Å². The zero-order chi connectivity index (χ0) is 23.8. The van der Waals surface area contributed by atoms with Crippen LogP contribution in [0.3, 0.4) is 0 Å². The number of nitrogen functional groups attached to an aromatic ring is 1. The molecule has 4 aliphatic rings. The van der Waals surface area contributed by atoms with Gasteiger partial charge < -0.3 is 19.8 Å². The molecule has 0 spiro atoms. The molecule has 1 atom stereocenters. The normalized spacial score (nSPS) is 16.6. The average molecular weight is 552 g/mol. The van der Waals surface area contributed by atoms with E-state index in [1.54, 1.807) is 0 Å². The number of fused-ring (bicyclic) bond motifs is 2. The Bertz CT molecular complexity index is 1310. The van der Waals surface area contributed by atoms with Gasteiger partial charge in [0, 0.05) is 21.8 Å². The van der Waals surface area contributed by atoms with Crippen molar-refractivity contribution in [3.63, 3.8) is 0 Å². The molecule has 0 aromatic heterocycles. The van der Waals surface area contributed by atoms with Crippen molar-refractivity contribution in [2.75, 3.05) is 12.5 Å². The smallest absolute Gasteiger partial charge is 0.231 e. The highest BCUT2D eigenvalue weighted by Crippen LogP contribution is 2.43. The fourth-order valence-corrected chi connectivity index (χ4v) is 6.52. The molecule has 1 aliphatic carbocycles. The maximum Gasteiger partial charge on any atom is 0.231 e. The number of hydrogen-bond acceptors (Lipinski definition) is 7. The molecule has 1 fully saturated rings. The molecule has 2 aromatic rings. The molecule has 3 heterocycles. The molecular weight excluding hydrogens is 526 g/mol. The molecule has 6 rings (SSSR count). The highest BCUT2D eigenvalue weighted by Gasteiger charge is 2.28. The Labute approximate surface area is 216 Å². The molecule has 1 unspecified atom stereocenters. The monoisotopic (exact) mass is 551 g/mol. The van der Waals surface area contributed by atoms with Crippen molar-refractivity contribution in [2.24, 2.45) is 5.92 Å². The molecule has 0 saturated heterocycles. The van der Waals surface area contributed by atoms with Crippen LogP contribution in [0.15, 0.2) is 63.3 Å². The van der Waals surface area contributed by atoms with Crippen LogP contribution in [0.5, 0.6) is 11.5 Å². The highest BCUT2D eigenvalue weighted by molar-refractivity contribution is 9.10. The van der Waals surface area contributed by atoms with E-state index in [4.69, 9.17) is 25.2 Å². The Balaban J connectivity index is 1.33. The van der Waals surface area contributed by atoms with Crippen molar-refractivity contribution in [1.82, 2.24) is 19.5 Å². The number of halogens is 1. The number of rotatable bonds is 6. The van der Waals surface area contributed by atoms with Gasteiger partial charge >= 0.3 is 0 Å². The first-order valence-electron chi connectivity index (χ1n) is 12.0. The van der Waals surface area contributed by atoms with Crippen LogP contribution in [0, 0.1) is 5.92 Å². The number of benzene rings is 2. The Morgan fingerprint density at radius 1 is 1.06 bits per heavy atom. The summed E-state index contributed by atoms with van der Waals surface area (Å²) in [6.45, 7) is 1.04. The van der Waals surface area contributed by atoms with E-state index in [9.17, 15) is 0 Å². The largest absolute Gasteiger partial charge is 0.454 e. The summed E-state index contributed by atoms with van der Waals surface area (Å²) in [6, 6.07) is 14.7. The number of imidazole rings is 1. The Morgan fingerprint density at radius 3 is 2.63 bits per heavy atom. The van der Waals surface area contributed by atoms with Crippen LogP contribution in [-0.4, -0.2) is 26.3 Å². The fraction of sp³-hybridized carbons (Fsp3) is 0.346. The second-order valence-electron chi connectivity index (χ2n) is 9.11. The van der Waals surface area contributed by atoms with Crippen LogP contribution in [0.2, 0.25) is 0 Å². The molecule has 180 valence electrons. The van der Waals surface area contributed by atoms with Crippen molar-refractivity contribution >= 4 is 33.5 Å². The maximum atomic E-state index is 6.24. The van der Waals surface area contributed by atoms with E-state index in [2.05, 4.69) is 55.8 Å². The van der Waals surface area contributed by atoms with Crippen molar-refractivity contribution in [3.05, 3.63) is 58.8 Å². The lowest BCUT2D eigenvalue weighted by Gasteiger charge is -2.31. The molecule has 7 nitrogen and oxygen atoms in total. The molecule has 9 heteroatoms. The summed E-state index contributed by atoms with van der Waals surface area (Å²) >= 11 is 5.09. The Morgan fingerprint density at radius 2 is 1.83 bits per heavy atom. The third-order valence-electron chi connectivity index (χ3n) is 6.94. The summed E-state index contributed by atoms with van der Waals surface area (Å²) < 4.78 is 14.0. The summed E-state index contributed by atoms with van der Waals surface area (Å²) in [5, 5.41) is 0.627. The molecule has 2 N–H and O–H groups in total. The van der Waals surface area contributed by atoms with E-state index in [-0.39, 0.29) is 6.79 Å². The summed E-state index contributed by atoms with van der Waals surface area (Å²) in [5.74, 6) is 3.67. The molecule has 2 aromatic carbocycles. The summed E-state index contributed by atoms with van der Waals surface area (Å²) in [4.78, 5) is 15.1. The first-order chi connectivity index (χ1) is 17.2. The van der Waals surface area contributed by atoms with Gasteiger partial charge in [0.2, 0.25) is 6.79 Å². The van der Waals surface area contributed by atoms with Crippen LogP contribution < -0.4 is 15.2 Å². The van der Waals surface area contributed by atoms with Crippen molar-refractivity contribution in [2.45, 2.75) is 54.6 Å². The minimum atomic E-state index is 0.235. The van der Waals surface area contributed by atoms with Crippen LogP contribution >= 0.6 is 27.7 Å². The summed E-state index contributed by atoms with van der Waals surface area (Å²) in [6.07, 6.45) is 8.28. The standard InChI is InChI=1S/C26H26BrN5O2S/c27-19-11-20-21(34-15-33-20)12-22(19)35-26-30-23-24(28)29-14-32(25(23)31-26)13-18(16-7-3-1-4-8-16)17-9-5-2-6-10-17/h1,3-4,7-8,11-12,14,17-18H,2,5-6,9-10,13,15,28H2. The first kappa shape index (κ1) is 22.7. The molecule has 3 aliphatic heterocycles. The first-order valence-corrected chi connectivity index (χ1v) is 13.6. The minimum absolute atomic E-state index is 0.235. The predicted molar refractivity (Wildman–Crippen MR) is 139 cm³/mol.